The normalized spacial score (nSPS) is 11.4. The van der Waals surface area contributed by atoms with Crippen molar-refractivity contribution >= 4 is 9.84 Å². The summed E-state index contributed by atoms with van der Waals surface area (Å²) in [7, 11) is -3.38. The Balaban J connectivity index is 3.28. The number of imidazole rings is 1. The minimum Gasteiger partial charge on any atom is -0.322 e. The number of nitrogens with zero attached hydrogens (tertiary/aromatic N) is 2. The van der Waals surface area contributed by atoms with Crippen LogP contribution in [0.25, 0.3) is 0 Å². The number of aryl methyl sites for hydroxylation is 1. The van der Waals surface area contributed by atoms with Crippen LogP contribution in [-0.4, -0.2) is 18.0 Å². The van der Waals surface area contributed by atoms with Crippen LogP contribution in [0.3, 0.4) is 0 Å². The van der Waals surface area contributed by atoms with Gasteiger partial charge in [0.1, 0.15) is 0 Å². The van der Waals surface area contributed by atoms with Crippen molar-refractivity contribution < 1.29 is 8.42 Å². The van der Waals surface area contributed by atoms with Crippen LogP contribution in [0.2, 0.25) is 0 Å². The zero-order valence-corrected chi connectivity index (χ0v) is 7.58. The second-order valence-corrected chi connectivity index (χ2v) is 4.00. The highest BCUT2D eigenvalue weighted by Crippen LogP contribution is 2.08. The maximum atomic E-state index is 11.2. The summed E-state index contributed by atoms with van der Waals surface area (Å²) in [6.45, 7) is 5.66. The van der Waals surface area contributed by atoms with Crippen LogP contribution < -0.4 is 0 Å². The quantitative estimate of drug-likeness (QED) is 0.702. The number of rotatable bonds is 3. The van der Waals surface area contributed by atoms with Crippen molar-refractivity contribution in [3.8, 4) is 0 Å². The van der Waals surface area contributed by atoms with Crippen LogP contribution in [0.5, 0.6) is 0 Å². The van der Waals surface area contributed by atoms with Crippen molar-refractivity contribution in [3.63, 3.8) is 0 Å². The molecule has 0 aliphatic rings. The van der Waals surface area contributed by atoms with Crippen LogP contribution in [-0.2, 0) is 16.4 Å². The predicted molar refractivity (Wildman–Crippen MR) is 45.3 cm³/mol. The first kappa shape index (κ1) is 8.99. The van der Waals surface area contributed by atoms with Gasteiger partial charge in [-0.3, -0.25) is 0 Å². The molecule has 0 aliphatic heterocycles. The standard InChI is InChI=1S/C7H10N2O2S/c1-3-9-6-5-8-7(9)12(10,11)4-2/h4-6H,2-3H2,1H3. The summed E-state index contributed by atoms with van der Waals surface area (Å²) in [4.78, 5) is 3.73. The van der Waals surface area contributed by atoms with Crippen molar-refractivity contribution in [2.75, 3.05) is 0 Å². The lowest BCUT2D eigenvalue weighted by Gasteiger charge is -2.00. The largest absolute Gasteiger partial charge is 0.322 e. The molecule has 0 radical (unpaired) electrons. The topological polar surface area (TPSA) is 52.0 Å². The third-order valence-corrected chi connectivity index (χ3v) is 2.78. The molecule has 0 atom stereocenters. The number of hydrogen-bond donors (Lipinski definition) is 0. The molecule has 0 aliphatic carbocycles. The van der Waals surface area contributed by atoms with E-state index in [9.17, 15) is 8.42 Å². The average Bonchev–Trinajstić information content (AvgIpc) is 2.52. The molecule has 0 amide bonds. The van der Waals surface area contributed by atoms with Crippen molar-refractivity contribution in [3.05, 3.63) is 24.4 Å². The number of hydrogen-bond acceptors (Lipinski definition) is 3. The van der Waals surface area contributed by atoms with Crippen LogP contribution in [0.1, 0.15) is 6.92 Å². The summed E-state index contributed by atoms with van der Waals surface area (Å²) in [5, 5.41) is 0.960. The van der Waals surface area contributed by atoms with E-state index in [4.69, 9.17) is 0 Å². The van der Waals surface area contributed by atoms with Crippen LogP contribution in [0, 0.1) is 0 Å². The highest BCUT2D eigenvalue weighted by atomic mass is 32.2. The Morgan fingerprint density at radius 3 is 2.92 bits per heavy atom. The molecule has 12 heavy (non-hydrogen) atoms. The molecule has 0 fully saturated rings. The molecule has 0 unspecified atom stereocenters. The summed E-state index contributed by atoms with van der Waals surface area (Å²) in [6.07, 6.45) is 3.08. The van der Waals surface area contributed by atoms with E-state index in [-0.39, 0.29) is 5.16 Å². The van der Waals surface area contributed by atoms with Gasteiger partial charge in [-0.2, -0.15) is 0 Å². The molecule has 4 nitrogen and oxygen atoms in total. The first-order valence-corrected chi connectivity index (χ1v) is 5.05. The Morgan fingerprint density at radius 2 is 2.42 bits per heavy atom. The highest BCUT2D eigenvalue weighted by molar-refractivity contribution is 7.94. The van der Waals surface area contributed by atoms with Gasteiger partial charge in [0, 0.05) is 24.3 Å². The smallest absolute Gasteiger partial charge is 0.232 e. The van der Waals surface area contributed by atoms with Gasteiger partial charge in [0.05, 0.1) is 0 Å². The van der Waals surface area contributed by atoms with Gasteiger partial charge in [-0.15, -0.1) is 0 Å². The molecule has 0 bridgehead atoms. The Kier molecular flexibility index (Phi) is 2.32. The summed E-state index contributed by atoms with van der Waals surface area (Å²) in [6, 6.07) is 0. The molecule has 0 spiro atoms. The van der Waals surface area contributed by atoms with Crippen molar-refractivity contribution in [2.45, 2.75) is 18.6 Å². The molecule has 66 valence electrons. The summed E-state index contributed by atoms with van der Waals surface area (Å²) in [5.41, 5.74) is 0. The fourth-order valence-corrected chi connectivity index (χ4v) is 1.74. The van der Waals surface area contributed by atoms with Crippen LogP contribution in [0.4, 0.5) is 0 Å². The Morgan fingerprint density at radius 1 is 1.75 bits per heavy atom. The molecule has 0 saturated carbocycles. The van der Waals surface area contributed by atoms with Crippen LogP contribution >= 0.6 is 0 Å². The highest BCUT2D eigenvalue weighted by Gasteiger charge is 2.14. The summed E-state index contributed by atoms with van der Waals surface area (Å²) >= 11 is 0. The van der Waals surface area contributed by atoms with E-state index >= 15 is 0 Å². The van der Waals surface area contributed by atoms with Crippen LogP contribution in [0.15, 0.2) is 29.5 Å². The molecular formula is C7H10N2O2S. The molecule has 1 aromatic heterocycles. The molecular weight excluding hydrogens is 176 g/mol. The maximum absolute atomic E-state index is 11.2. The van der Waals surface area contributed by atoms with E-state index in [1.807, 2.05) is 6.92 Å². The molecule has 0 saturated heterocycles. The van der Waals surface area contributed by atoms with Gasteiger partial charge in [0.15, 0.2) is 0 Å². The van der Waals surface area contributed by atoms with E-state index in [2.05, 4.69) is 11.6 Å². The molecule has 1 rings (SSSR count). The molecule has 0 aromatic carbocycles. The fraction of sp³-hybridized carbons (Fsp3) is 0.286. The van der Waals surface area contributed by atoms with Gasteiger partial charge in [-0.1, -0.05) is 6.58 Å². The van der Waals surface area contributed by atoms with E-state index < -0.39 is 9.84 Å². The van der Waals surface area contributed by atoms with Gasteiger partial charge in [0.25, 0.3) is 0 Å². The minimum absolute atomic E-state index is 0.0556. The van der Waals surface area contributed by atoms with Gasteiger partial charge in [-0.05, 0) is 6.92 Å². The third-order valence-electron chi connectivity index (χ3n) is 1.49. The predicted octanol–water partition coefficient (Wildman–Crippen LogP) is 0.820. The third kappa shape index (κ3) is 1.40. The second-order valence-electron chi connectivity index (χ2n) is 2.21. The first-order valence-electron chi connectivity index (χ1n) is 3.50. The molecule has 0 N–H and O–H groups in total. The average molecular weight is 186 g/mol. The van der Waals surface area contributed by atoms with E-state index in [0.717, 1.165) is 5.41 Å². The fourth-order valence-electron chi connectivity index (χ4n) is 0.868. The zero-order chi connectivity index (χ0) is 9.19. The second kappa shape index (κ2) is 3.10. The van der Waals surface area contributed by atoms with E-state index in [1.54, 1.807) is 10.8 Å². The van der Waals surface area contributed by atoms with Gasteiger partial charge < -0.3 is 4.57 Å². The first-order chi connectivity index (χ1) is 5.61. The minimum atomic E-state index is -3.38. The van der Waals surface area contributed by atoms with Crippen molar-refractivity contribution in [1.82, 2.24) is 9.55 Å². The van der Waals surface area contributed by atoms with E-state index in [0.29, 0.717) is 6.54 Å². The maximum Gasteiger partial charge on any atom is 0.232 e. The molecule has 5 heteroatoms. The molecule has 1 aromatic rings. The lowest BCUT2D eigenvalue weighted by Crippen LogP contribution is -2.06. The Labute approximate surface area is 71.5 Å². The number of aromatic nitrogens is 2. The molecule has 1 heterocycles. The number of sulfone groups is 1. The van der Waals surface area contributed by atoms with E-state index in [1.165, 1.54) is 6.20 Å². The monoisotopic (exact) mass is 186 g/mol. The zero-order valence-electron chi connectivity index (χ0n) is 6.77. The Hall–Kier alpha value is -1.10. The van der Waals surface area contributed by atoms with Crippen molar-refractivity contribution in [1.29, 1.82) is 0 Å². The Bertz CT molecular complexity index is 378. The van der Waals surface area contributed by atoms with Crippen molar-refractivity contribution in [2.24, 2.45) is 0 Å². The van der Waals surface area contributed by atoms with Gasteiger partial charge in [-0.25, -0.2) is 13.4 Å². The lowest BCUT2D eigenvalue weighted by atomic mass is 10.7. The summed E-state index contributed by atoms with van der Waals surface area (Å²) < 4.78 is 24.0. The van der Waals surface area contributed by atoms with Gasteiger partial charge in [0.2, 0.25) is 15.0 Å². The van der Waals surface area contributed by atoms with Gasteiger partial charge >= 0.3 is 0 Å². The lowest BCUT2D eigenvalue weighted by molar-refractivity contribution is 0.577. The SMILES string of the molecule is C=CS(=O)(=O)c1nccn1CC. The summed E-state index contributed by atoms with van der Waals surface area (Å²) in [5.74, 6) is 0.